The van der Waals surface area contributed by atoms with E-state index in [0.29, 0.717) is 5.69 Å². The van der Waals surface area contributed by atoms with E-state index in [1.807, 2.05) is 0 Å². The van der Waals surface area contributed by atoms with Gasteiger partial charge < -0.3 is 15.0 Å². The molecule has 0 atom stereocenters. The summed E-state index contributed by atoms with van der Waals surface area (Å²) in [7, 11) is -3.73. The van der Waals surface area contributed by atoms with E-state index >= 15 is 0 Å². The number of nitro groups is 1. The lowest BCUT2D eigenvalue weighted by atomic mass is 10.2. The van der Waals surface area contributed by atoms with Crippen molar-refractivity contribution in [2.45, 2.75) is 31.3 Å². The highest BCUT2D eigenvalue weighted by Gasteiger charge is 2.31. The maximum atomic E-state index is 12.9. The Labute approximate surface area is 185 Å². The third-order valence-electron chi connectivity index (χ3n) is 4.49. The molecular formula is C19H24N6O6S. The van der Waals surface area contributed by atoms with Crippen LogP contribution in [0.5, 0.6) is 0 Å². The molecule has 1 amide bonds. The summed E-state index contributed by atoms with van der Waals surface area (Å²) in [6.45, 7) is 6.14. The topological polar surface area (TPSA) is 148 Å². The molecule has 32 heavy (non-hydrogen) atoms. The highest BCUT2D eigenvalue weighted by Crippen LogP contribution is 2.22. The Kier molecular flexibility index (Phi) is 6.60. The fraction of sp³-hybridized carbons (Fsp3) is 0.421. The normalized spacial score (nSPS) is 15.3. The fourth-order valence-corrected chi connectivity index (χ4v) is 4.33. The van der Waals surface area contributed by atoms with Crippen molar-refractivity contribution < 1.29 is 22.9 Å². The Bertz CT molecular complexity index is 1070. The number of nitrogens with zero attached hydrogens (tertiary/aromatic N) is 5. The molecule has 2 heterocycles. The van der Waals surface area contributed by atoms with Crippen molar-refractivity contribution in [1.82, 2.24) is 19.2 Å². The van der Waals surface area contributed by atoms with Gasteiger partial charge >= 0.3 is 11.8 Å². The molecule has 13 heteroatoms. The molecule has 0 radical (unpaired) electrons. The number of ether oxygens (including phenoxy) is 1. The van der Waals surface area contributed by atoms with Crippen molar-refractivity contribution >= 4 is 33.4 Å². The predicted molar refractivity (Wildman–Crippen MR) is 115 cm³/mol. The van der Waals surface area contributed by atoms with Gasteiger partial charge in [0.05, 0.1) is 9.82 Å². The maximum absolute atomic E-state index is 12.9. The highest BCUT2D eigenvalue weighted by molar-refractivity contribution is 7.89. The third-order valence-corrected chi connectivity index (χ3v) is 6.40. The summed E-state index contributed by atoms with van der Waals surface area (Å²) in [4.78, 5) is 31.5. The molecule has 1 fully saturated rings. The minimum absolute atomic E-state index is 0.110. The zero-order valence-electron chi connectivity index (χ0n) is 17.9. The summed E-state index contributed by atoms with van der Waals surface area (Å²) in [5.74, 6) is 0.143. The minimum atomic E-state index is -3.73. The van der Waals surface area contributed by atoms with Crippen LogP contribution in [0.3, 0.4) is 0 Å². The van der Waals surface area contributed by atoms with E-state index in [9.17, 15) is 23.3 Å². The first kappa shape index (κ1) is 23.3. The number of nitrogens with one attached hydrogen (secondary N) is 1. The molecular weight excluding hydrogens is 440 g/mol. The lowest BCUT2D eigenvalue weighted by molar-refractivity contribution is -0.385. The van der Waals surface area contributed by atoms with Gasteiger partial charge in [-0.2, -0.15) is 4.31 Å². The molecule has 2 aromatic rings. The Balaban J connectivity index is 1.61. The van der Waals surface area contributed by atoms with Crippen LogP contribution in [0.2, 0.25) is 0 Å². The Morgan fingerprint density at radius 3 is 2.16 bits per heavy atom. The van der Waals surface area contributed by atoms with Gasteiger partial charge in [0.1, 0.15) is 18.0 Å². The molecule has 0 spiro atoms. The number of aromatic nitrogens is 2. The van der Waals surface area contributed by atoms with Crippen molar-refractivity contribution in [3.8, 4) is 0 Å². The van der Waals surface area contributed by atoms with Crippen molar-refractivity contribution in [3.05, 3.63) is 46.8 Å². The van der Waals surface area contributed by atoms with Gasteiger partial charge in [0.2, 0.25) is 16.0 Å². The first-order valence-corrected chi connectivity index (χ1v) is 11.2. The van der Waals surface area contributed by atoms with Crippen LogP contribution in [0.1, 0.15) is 20.8 Å². The quantitative estimate of drug-likeness (QED) is 0.520. The van der Waals surface area contributed by atoms with Crippen LogP contribution in [0.25, 0.3) is 0 Å². The van der Waals surface area contributed by atoms with Crippen LogP contribution < -0.4 is 5.32 Å². The Hall–Kier alpha value is -3.32. The molecule has 1 aromatic heterocycles. The molecule has 1 aliphatic heterocycles. The smallest absolute Gasteiger partial charge is 0.410 e. The summed E-state index contributed by atoms with van der Waals surface area (Å²) >= 11 is 0. The first-order chi connectivity index (χ1) is 15.0. The van der Waals surface area contributed by atoms with Gasteiger partial charge in [-0.05, 0) is 45.0 Å². The van der Waals surface area contributed by atoms with E-state index in [4.69, 9.17) is 4.74 Å². The molecule has 1 aliphatic rings. The number of sulfonamides is 1. The third kappa shape index (κ3) is 5.68. The van der Waals surface area contributed by atoms with E-state index in [1.54, 1.807) is 32.9 Å². The van der Waals surface area contributed by atoms with Gasteiger partial charge in [0, 0.05) is 31.9 Å². The summed E-state index contributed by atoms with van der Waals surface area (Å²) in [5.41, 5.74) is -0.327. The maximum Gasteiger partial charge on any atom is 0.410 e. The summed E-state index contributed by atoms with van der Waals surface area (Å²) in [5, 5.41) is 13.5. The molecule has 1 saturated heterocycles. The van der Waals surface area contributed by atoms with Gasteiger partial charge in [-0.3, -0.25) is 10.1 Å². The van der Waals surface area contributed by atoms with Crippen LogP contribution in [0.15, 0.2) is 41.6 Å². The molecule has 172 valence electrons. The number of carbonyl (C=O) groups excluding carboxylic acids is 1. The average molecular weight is 465 g/mol. The van der Waals surface area contributed by atoms with Crippen LogP contribution in [0.4, 0.5) is 22.1 Å². The minimum Gasteiger partial charge on any atom is -0.444 e. The van der Waals surface area contributed by atoms with Crippen molar-refractivity contribution in [3.63, 3.8) is 0 Å². The number of hydrogen-bond acceptors (Lipinski definition) is 9. The van der Waals surface area contributed by atoms with E-state index in [1.165, 1.54) is 21.3 Å². The standard InChI is InChI=1S/C19H24N6O6S/c1-19(2,3)31-18(26)23-8-10-24(11-9-23)32(29,30)16-6-4-14(5-7-16)22-17-20-12-15(13-21-17)25(27)28/h4-7,12-13H,8-11H2,1-3H3,(H,20,21,22). The zero-order chi connectivity index (χ0) is 23.5. The predicted octanol–water partition coefficient (Wildman–Crippen LogP) is 2.37. The van der Waals surface area contributed by atoms with Gasteiger partial charge in [0.15, 0.2) is 0 Å². The summed E-state index contributed by atoms with van der Waals surface area (Å²) < 4.78 is 32.6. The number of carbonyl (C=O) groups is 1. The van der Waals surface area contributed by atoms with E-state index in [-0.39, 0.29) is 42.7 Å². The van der Waals surface area contributed by atoms with Crippen LogP contribution in [-0.4, -0.2) is 70.4 Å². The molecule has 0 bridgehead atoms. The Morgan fingerprint density at radius 2 is 1.66 bits per heavy atom. The van der Waals surface area contributed by atoms with Gasteiger partial charge in [-0.15, -0.1) is 0 Å². The second-order valence-electron chi connectivity index (χ2n) is 8.04. The number of benzene rings is 1. The monoisotopic (exact) mass is 464 g/mol. The average Bonchev–Trinajstić information content (AvgIpc) is 2.73. The summed E-state index contributed by atoms with van der Waals surface area (Å²) in [6.07, 6.45) is 1.69. The molecule has 12 nitrogen and oxygen atoms in total. The van der Waals surface area contributed by atoms with Crippen LogP contribution >= 0.6 is 0 Å². The second kappa shape index (κ2) is 9.04. The zero-order valence-corrected chi connectivity index (χ0v) is 18.7. The van der Waals surface area contributed by atoms with Gasteiger partial charge in [-0.25, -0.2) is 23.2 Å². The molecule has 1 aromatic carbocycles. The molecule has 1 N–H and O–H groups in total. The number of hydrogen-bond donors (Lipinski definition) is 1. The highest BCUT2D eigenvalue weighted by atomic mass is 32.2. The van der Waals surface area contributed by atoms with Crippen molar-refractivity contribution in [2.75, 3.05) is 31.5 Å². The number of rotatable bonds is 5. The second-order valence-corrected chi connectivity index (χ2v) is 9.98. The van der Waals surface area contributed by atoms with E-state index in [2.05, 4.69) is 15.3 Å². The molecule has 0 unspecified atom stereocenters. The first-order valence-electron chi connectivity index (χ1n) is 9.77. The largest absolute Gasteiger partial charge is 0.444 e. The summed E-state index contributed by atoms with van der Waals surface area (Å²) in [6, 6.07) is 6.00. The van der Waals surface area contributed by atoms with E-state index in [0.717, 1.165) is 12.4 Å². The van der Waals surface area contributed by atoms with Crippen molar-refractivity contribution in [1.29, 1.82) is 0 Å². The van der Waals surface area contributed by atoms with Crippen molar-refractivity contribution in [2.24, 2.45) is 0 Å². The number of anilines is 2. The Morgan fingerprint density at radius 1 is 1.09 bits per heavy atom. The van der Waals surface area contributed by atoms with Gasteiger partial charge in [-0.1, -0.05) is 0 Å². The molecule has 0 saturated carbocycles. The fourth-order valence-electron chi connectivity index (χ4n) is 2.91. The molecule has 0 aliphatic carbocycles. The van der Waals surface area contributed by atoms with Crippen LogP contribution in [-0.2, 0) is 14.8 Å². The van der Waals surface area contributed by atoms with Gasteiger partial charge in [0.25, 0.3) is 0 Å². The number of amides is 1. The lowest BCUT2D eigenvalue weighted by Gasteiger charge is -2.35. The van der Waals surface area contributed by atoms with E-state index < -0.39 is 26.6 Å². The SMILES string of the molecule is CC(C)(C)OC(=O)N1CCN(S(=O)(=O)c2ccc(Nc3ncc([N+](=O)[O-])cn3)cc2)CC1. The molecule has 3 rings (SSSR count). The lowest BCUT2D eigenvalue weighted by Crippen LogP contribution is -2.51. The number of piperazine rings is 1. The van der Waals surface area contributed by atoms with Crippen LogP contribution in [0, 0.1) is 10.1 Å².